The number of pyridine rings is 1. The summed E-state index contributed by atoms with van der Waals surface area (Å²) in [7, 11) is 0. The van der Waals surface area contributed by atoms with Gasteiger partial charge >= 0.3 is 0 Å². The first-order valence-corrected chi connectivity index (χ1v) is 6.15. The van der Waals surface area contributed by atoms with Crippen molar-refractivity contribution in [2.24, 2.45) is 5.92 Å². The topological polar surface area (TPSA) is 53.4 Å². The number of rotatable bonds is 3. The third-order valence-electron chi connectivity index (χ3n) is 3.52. The molecule has 1 saturated carbocycles. The Hall–Kier alpha value is -1.00. The van der Waals surface area contributed by atoms with Crippen LogP contribution in [-0.2, 0) is 0 Å². The van der Waals surface area contributed by atoms with Gasteiger partial charge in [-0.1, -0.05) is 19.3 Å². The first kappa shape index (κ1) is 12.5. The number of hydrogen-bond acceptors (Lipinski definition) is 3. The van der Waals surface area contributed by atoms with Gasteiger partial charge in [-0.2, -0.15) is 0 Å². The Labute approximate surface area is 100 Å². The van der Waals surface area contributed by atoms with E-state index < -0.39 is 18.0 Å². The molecular formula is C13H18FNO2. The van der Waals surface area contributed by atoms with Crippen molar-refractivity contribution in [3.05, 3.63) is 29.8 Å². The molecule has 4 heteroatoms. The molecule has 2 atom stereocenters. The van der Waals surface area contributed by atoms with Gasteiger partial charge in [-0.05, 0) is 24.8 Å². The lowest BCUT2D eigenvalue weighted by Gasteiger charge is -2.29. The van der Waals surface area contributed by atoms with Crippen molar-refractivity contribution >= 4 is 0 Å². The molecule has 0 radical (unpaired) electrons. The first-order valence-electron chi connectivity index (χ1n) is 6.15. The lowest BCUT2D eigenvalue weighted by molar-refractivity contribution is -0.0288. The third kappa shape index (κ3) is 3.01. The van der Waals surface area contributed by atoms with Crippen LogP contribution in [0.4, 0.5) is 4.39 Å². The van der Waals surface area contributed by atoms with E-state index >= 15 is 0 Å². The van der Waals surface area contributed by atoms with E-state index in [-0.39, 0.29) is 5.92 Å². The molecule has 1 aliphatic rings. The second kappa shape index (κ2) is 5.56. The molecule has 2 rings (SSSR count). The molecule has 0 saturated heterocycles. The van der Waals surface area contributed by atoms with Crippen LogP contribution >= 0.6 is 0 Å². The zero-order chi connectivity index (χ0) is 12.3. The molecule has 94 valence electrons. The van der Waals surface area contributed by atoms with E-state index in [2.05, 4.69) is 4.98 Å². The molecule has 0 aromatic carbocycles. The Bertz CT molecular complexity index is 366. The summed E-state index contributed by atoms with van der Waals surface area (Å²) in [6.45, 7) is 0. The zero-order valence-electron chi connectivity index (χ0n) is 9.72. The van der Waals surface area contributed by atoms with Gasteiger partial charge in [0.25, 0.3) is 0 Å². The molecule has 1 heterocycles. The average Bonchev–Trinajstić information content (AvgIpc) is 2.38. The fourth-order valence-electron chi connectivity index (χ4n) is 2.52. The number of aliphatic hydroxyl groups excluding tert-OH is 2. The van der Waals surface area contributed by atoms with Gasteiger partial charge < -0.3 is 10.2 Å². The second-order valence-electron chi connectivity index (χ2n) is 4.77. The maximum atomic E-state index is 13.0. The van der Waals surface area contributed by atoms with Crippen molar-refractivity contribution in [3.63, 3.8) is 0 Å². The number of hydrogen-bond donors (Lipinski definition) is 2. The fraction of sp³-hybridized carbons (Fsp3) is 0.615. The highest BCUT2D eigenvalue weighted by Crippen LogP contribution is 2.32. The quantitative estimate of drug-likeness (QED) is 0.850. The Morgan fingerprint density at radius 3 is 2.53 bits per heavy atom. The molecule has 0 spiro atoms. The van der Waals surface area contributed by atoms with Crippen molar-refractivity contribution < 1.29 is 14.6 Å². The molecule has 0 amide bonds. The van der Waals surface area contributed by atoms with Gasteiger partial charge in [-0.3, -0.25) is 4.98 Å². The number of halogens is 1. The smallest absolute Gasteiger partial charge is 0.141 e. The molecule has 17 heavy (non-hydrogen) atoms. The molecule has 2 N–H and O–H groups in total. The minimum absolute atomic E-state index is 0.113. The van der Waals surface area contributed by atoms with Crippen LogP contribution in [-0.4, -0.2) is 21.3 Å². The Balaban J connectivity index is 2.05. The van der Waals surface area contributed by atoms with Crippen molar-refractivity contribution in [1.29, 1.82) is 0 Å². The van der Waals surface area contributed by atoms with E-state index in [9.17, 15) is 14.6 Å². The van der Waals surface area contributed by atoms with Gasteiger partial charge in [0.05, 0.1) is 12.3 Å². The predicted molar refractivity (Wildman–Crippen MR) is 61.7 cm³/mol. The largest absolute Gasteiger partial charge is 0.390 e. The SMILES string of the molecule is OC(c1cncc(F)c1)C(O)C1CCCCC1. The fourth-order valence-corrected chi connectivity index (χ4v) is 2.52. The second-order valence-corrected chi connectivity index (χ2v) is 4.77. The molecule has 1 aromatic rings. The summed E-state index contributed by atoms with van der Waals surface area (Å²) in [6.07, 6.45) is 5.87. The third-order valence-corrected chi connectivity index (χ3v) is 3.52. The monoisotopic (exact) mass is 239 g/mol. The summed E-state index contributed by atoms with van der Waals surface area (Å²) in [5, 5.41) is 20.1. The summed E-state index contributed by atoms with van der Waals surface area (Å²) < 4.78 is 13.0. The summed E-state index contributed by atoms with van der Waals surface area (Å²) in [6, 6.07) is 1.23. The van der Waals surface area contributed by atoms with E-state index in [1.54, 1.807) is 0 Å². The van der Waals surface area contributed by atoms with E-state index in [4.69, 9.17) is 0 Å². The normalized spacial score (nSPS) is 21.1. The number of nitrogens with zero attached hydrogens (tertiary/aromatic N) is 1. The Morgan fingerprint density at radius 1 is 1.18 bits per heavy atom. The zero-order valence-corrected chi connectivity index (χ0v) is 9.72. The molecule has 0 aliphatic heterocycles. The Kier molecular flexibility index (Phi) is 4.07. The van der Waals surface area contributed by atoms with E-state index in [0.717, 1.165) is 31.9 Å². The minimum atomic E-state index is -1.04. The van der Waals surface area contributed by atoms with Crippen LogP contribution in [0.2, 0.25) is 0 Å². The Morgan fingerprint density at radius 2 is 1.88 bits per heavy atom. The van der Waals surface area contributed by atoms with E-state index in [0.29, 0.717) is 5.56 Å². The summed E-state index contributed by atoms with van der Waals surface area (Å²) in [5.41, 5.74) is 0.350. The van der Waals surface area contributed by atoms with Gasteiger partial charge in [0.15, 0.2) is 0 Å². The van der Waals surface area contributed by atoms with Crippen molar-refractivity contribution in [2.75, 3.05) is 0 Å². The van der Waals surface area contributed by atoms with Gasteiger partial charge in [-0.25, -0.2) is 4.39 Å². The van der Waals surface area contributed by atoms with Gasteiger partial charge in [0.2, 0.25) is 0 Å². The van der Waals surface area contributed by atoms with E-state index in [1.807, 2.05) is 0 Å². The molecule has 3 nitrogen and oxygen atoms in total. The maximum Gasteiger partial charge on any atom is 0.141 e. The van der Waals surface area contributed by atoms with Crippen molar-refractivity contribution in [3.8, 4) is 0 Å². The molecule has 1 fully saturated rings. The number of aromatic nitrogens is 1. The summed E-state index contributed by atoms with van der Waals surface area (Å²) in [5.74, 6) is -0.376. The highest BCUT2D eigenvalue weighted by molar-refractivity contribution is 5.14. The summed E-state index contributed by atoms with van der Waals surface area (Å²) in [4.78, 5) is 3.69. The van der Waals surface area contributed by atoms with Crippen LogP contribution in [0, 0.1) is 11.7 Å². The molecular weight excluding hydrogens is 221 g/mol. The maximum absolute atomic E-state index is 13.0. The van der Waals surface area contributed by atoms with Gasteiger partial charge in [0, 0.05) is 11.8 Å². The van der Waals surface area contributed by atoms with Crippen molar-refractivity contribution in [1.82, 2.24) is 4.98 Å². The van der Waals surface area contributed by atoms with Crippen LogP contribution < -0.4 is 0 Å². The van der Waals surface area contributed by atoms with Crippen molar-refractivity contribution in [2.45, 2.75) is 44.3 Å². The minimum Gasteiger partial charge on any atom is -0.390 e. The van der Waals surface area contributed by atoms with Crippen LogP contribution in [0.1, 0.15) is 43.8 Å². The van der Waals surface area contributed by atoms with Crippen LogP contribution in [0.3, 0.4) is 0 Å². The van der Waals surface area contributed by atoms with Crippen LogP contribution in [0.25, 0.3) is 0 Å². The molecule has 1 aliphatic carbocycles. The molecule has 2 unspecified atom stereocenters. The van der Waals surface area contributed by atoms with E-state index in [1.165, 1.54) is 18.7 Å². The lowest BCUT2D eigenvalue weighted by Crippen LogP contribution is -2.29. The van der Waals surface area contributed by atoms with Gasteiger partial charge in [-0.15, -0.1) is 0 Å². The van der Waals surface area contributed by atoms with Crippen LogP contribution in [0.5, 0.6) is 0 Å². The van der Waals surface area contributed by atoms with Crippen LogP contribution in [0.15, 0.2) is 18.5 Å². The molecule has 0 bridgehead atoms. The number of aliphatic hydroxyl groups is 2. The standard InChI is InChI=1S/C13H18FNO2/c14-11-6-10(7-15-8-11)13(17)12(16)9-4-2-1-3-5-9/h6-9,12-13,16-17H,1-5H2. The lowest BCUT2D eigenvalue weighted by atomic mass is 9.82. The van der Waals surface area contributed by atoms with Gasteiger partial charge in [0.1, 0.15) is 11.9 Å². The highest BCUT2D eigenvalue weighted by atomic mass is 19.1. The predicted octanol–water partition coefficient (Wildman–Crippen LogP) is 2.20. The highest BCUT2D eigenvalue weighted by Gasteiger charge is 2.28. The first-order chi connectivity index (χ1) is 8.18. The average molecular weight is 239 g/mol. The summed E-state index contributed by atoms with van der Waals surface area (Å²) >= 11 is 0. The molecule has 1 aromatic heterocycles.